The standard InChI is InChI=1S/C26H45NO4/c1-5-6-13-17-25-20(2)21(3)26(31-25)18-15-12-10-8-7-9-11-14-16-24(30)23(19-28)27-22(4)29/h23,28H,5-19H2,1-4H3,(H,27,29)/t23-/m0/s1. The molecule has 0 radical (unpaired) electrons. The van der Waals surface area contributed by atoms with E-state index in [1.54, 1.807) is 0 Å². The summed E-state index contributed by atoms with van der Waals surface area (Å²) in [5.74, 6) is 2.03. The van der Waals surface area contributed by atoms with Gasteiger partial charge in [-0.15, -0.1) is 0 Å². The molecule has 0 aliphatic rings. The van der Waals surface area contributed by atoms with E-state index in [0.29, 0.717) is 6.42 Å². The number of hydrogen-bond donors (Lipinski definition) is 2. The Bertz CT molecular complexity index is 650. The Morgan fingerprint density at radius 3 is 1.81 bits per heavy atom. The lowest BCUT2D eigenvalue weighted by molar-refractivity contribution is -0.127. The minimum Gasteiger partial charge on any atom is -0.466 e. The minimum absolute atomic E-state index is 0.0744. The van der Waals surface area contributed by atoms with Crippen LogP contribution in [0, 0.1) is 13.8 Å². The summed E-state index contributed by atoms with van der Waals surface area (Å²) >= 11 is 0. The molecule has 2 N–H and O–H groups in total. The molecule has 0 bridgehead atoms. The summed E-state index contributed by atoms with van der Waals surface area (Å²) in [5.41, 5.74) is 2.70. The number of carbonyl (C=O) groups excluding carboxylic acids is 2. The fourth-order valence-electron chi connectivity index (χ4n) is 4.03. The first-order valence-corrected chi connectivity index (χ1v) is 12.4. The summed E-state index contributed by atoms with van der Waals surface area (Å²) < 4.78 is 6.16. The third-order valence-corrected chi connectivity index (χ3v) is 6.18. The second-order valence-corrected chi connectivity index (χ2v) is 8.89. The number of aliphatic hydroxyl groups excluding tert-OH is 1. The number of rotatable bonds is 18. The minimum atomic E-state index is -0.744. The number of aliphatic hydroxyl groups is 1. The van der Waals surface area contributed by atoms with Gasteiger partial charge in [0.15, 0.2) is 5.78 Å². The highest BCUT2D eigenvalue weighted by atomic mass is 16.3. The second-order valence-electron chi connectivity index (χ2n) is 8.89. The summed E-state index contributed by atoms with van der Waals surface area (Å²) in [4.78, 5) is 23.0. The molecule has 5 nitrogen and oxygen atoms in total. The zero-order chi connectivity index (χ0) is 23.1. The summed E-state index contributed by atoms with van der Waals surface area (Å²) in [6.07, 6.45) is 15.3. The van der Waals surface area contributed by atoms with Crippen LogP contribution in [-0.4, -0.2) is 29.4 Å². The van der Waals surface area contributed by atoms with Crippen molar-refractivity contribution in [3.8, 4) is 0 Å². The fourth-order valence-corrected chi connectivity index (χ4v) is 4.03. The Morgan fingerprint density at radius 1 is 0.839 bits per heavy atom. The molecule has 0 saturated heterocycles. The van der Waals surface area contributed by atoms with Crippen LogP contribution in [0.5, 0.6) is 0 Å². The molecular formula is C26H45NO4. The Hall–Kier alpha value is -1.62. The van der Waals surface area contributed by atoms with Crippen LogP contribution in [-0.2, 0) is 22.4 Å². The van der Waals surface area contributed by atoms with Gasteiger partial charge < -0.3 is 14.8 Å². The first-order chi connectivity index (χ1) is 14.9. The maximum Gasteiger partial charge on any atom is 0.217 e. The molecule has 0 aromatic carbocycles. The van der Waals surface area contributed by atoms with E-state index in [-0.39, 0.29) is 18.3 Å². The molecule has 31 heavy (non-hydrogen) atoms. The molecule has 0 saturated carbocycles. The van der Waals surface area contributed by atoms with Crippen LogP contribution < -0.4 is 5.32 Å². The van der Waals surface area contributed by atoms with E-state index >= 15 is 0 Å². The maximum atomic E-state index is 12.0. The van der Waals surface area contributed by atoms with E-state index < -0.39 is 6.04 Å². The van der Waals surface area contributed by atoms with Gasteiger partial charge in [-0.25, -0.2) is 0 Å². The number of carbonyl (C=O) groups is 2. The fraction of sp³-hybridized carbons (Fsp3) is 0.769. The quantitative estimate of drug-likeness (QED) is 0.288. The third kappa shape index (κ3) is 11.0. The van der Waals surface area contributed by atoms with Gasteiger partial charge in [0, 0.05) is 26.2 Å². The van der Waals surface area contributed by atoms with Crippen LogP contribution in [0.1, 0.15) is 114 Å². The average molecular weight is 436 g/mol. The number of unbranched alkanes of at least 4 members (excludes halogenated alkanes) is 9. The molecule has 1 aromatic heterocycles. The molecule has 1 amide bonds. The van der Waals surface area contributed by atoms with Crippen LogP contribution in [0.2, 0.25) is 0 Å². The van der Waals surface area contributed by atoms with Crippen molar-refractivity contribution in [1.29, 1.82) is 0 Å². The van der Waals surface area contributed by atoms with E-state index in [1.807, 2.05) is 0 Å². The molecule has 0 fully saturated rings. The molecule has 1 heterocycles. The normalized spacial score (nSPS) is 12.2. The highest BCUT2D eigenvalue weighted by Gasteiger charge is 2.17. The number of ketones is 1. The second kappa shape index (κ2) is 16.1. The Balaban J connectivity index is 2.09. The molecule has 178 valence electrons. The summed E-state index contributed by atoms with van der Waals surface area (Å²) in [6, 6.07) is -0.744. The predicted molar refractivity (Wildman–Crippen MR) is 126 cm³/mol. The number of furan rings is 1. The monoisotopic (exact) mass is 435 g/mol. The van der Waals surface area contributed by atoms with Gasteiger partial charge in [0.05, 0.1) is 6.61 Å². The van der Waals surface area contributed by atoms with E-state index in [1.165, 1.54) is 80.9 Å². The molecule has 1 aromatic rings. The highest BCUT2D eigenvalue weighted by Crippen LogP contribution is 2.25. The van der Waals surface area contributed by atoms with Crippen LogP contribution in [0.15, 0.2) is 4.42 Å². The van der Waals surface area contributed by atoms with Gasteiger partial charge in [-0.05, 0) is 44.2 Å². The van der Waals surface area contributed by atoms with Crippen molar-refractivity contribution >= 4 is 11.7 Å². The van der Waals surface area contributed by atoms with Gasteiger partial charge in [0.25, 0.3) is 0 Å². The van der Waals surface area contributed by atoms with Gasteiger partial charge in [-0.2, -0.15) is 0 Å². The van der Waals surface area contributed by atoms with E-state index in [4.69, 9.17) is 4.42 Å². The smallest absolute Gasteiger partial charge is 0.217 e. The number of nitrogens with one attached hydrogen (secondary N) is 1. The number of amides is 1. The summed E-state index contributed by atoms with van der Waals surface area (Å²) in [5, 5.41) is 11.7. The van der Waals surface area contributed by atoms with E-state index in [0.717, 1.165) is 32.1 Å². The number of Topliss-reactive ketones (excluding diaryl/α,β-unsaturated/α-hetero) is 1. The van der Waals surface area contributed by atoms with Crippen molar-refractivity contribution in [3.63, 3.8) is 0 Å². The Morgan fingerprint density at radius 2 is 1.32 bits per heavy atom. The van der Waals surface area contributed by atoms with Crippen molar-refractivity contribution in [2.45, 2.75) is 124 Å². The maximum absolute atomic E-state index is 12.0. The number of hydrogen-bond acceptors (Lipinski definition) is 4. The molecule has 5 heteroatoms. The van der Waals surface area contributed by atoms with Crippen LogP contribution in [0.25, 0.3) is 0 Å². The molecule has 0 unspecified atom stereocenters. The van der Waals surface area contributed by atoms with Gasteiger partial charge in [0.2, 0.25) is 5.91 Å². The van der Waals surface area contributed by atoms with Crippen molar-refractivity contribution < 1.29 is 19.1 Å². The summed E-state index contributed by atoms with van der Waals surface area (Å²) in [6.45, 7) is 7.66. The lowest BCUT2D eigenvalue weighted by atomic mass is 10.0. The molecular weight excluding hydrogens is 390 g/mol. The SMILES string of the molecule is CCCCCc1oc(CCCCCCCCCCC(=O)[C@H](CO)NC(C)=O)c(C)c1C. The first-order valence-electron chi connectivity index (χ1n) is 12.4. The molecule has 0 aliphatic carbocycles. The van der Waals surface area contributed by atoms with Gasteiger partial charge in [-0.1, -0.05) is 58.3 Å². The zero-order valence-corrected chi connectivity index (χ0v) is 20.4. The van der Waals surface area contributed by atoms with E-state index in [2.05, 4.69) is 26.1 Å². The van der Waals surface area contributed by atoms with Crippen molar-refractivity contribution in [2.75, 3.05) is 6.61 Å². The molecule has 1 rings (SSSR count). The zero-order valence-electron chi connectivity index (χ0n) is 20.4. The number of aryl methyl sites for hydroxylation is 2. The topological polar surface area (TPSA) is 79.5 Å². The Kier molecular flexibility index (Phi) is 14.2. The average Bonchev–Trinajstić information content (AvgIpc) is 3.01. The van der Waals surface area contributed by atoms with Crippen molar-refractivity contribution in [3.05, 3.63) is 22.6 Å². The van der Waals surface area contributed by atoms with Gasteiger partial charge in [0.1, 0.15) is 17.6 Å². The van der Waals surface area contributed by atoms with Crippen LogP contribution >= 0.6 is 0 Å². The van der Waals surface area contributed by atoms with Crippen molar-refractivity contribution in [1.82, 2.24) is 5.32 Å². The molecule has 0 spiro atoms. The van der Waals surface area contributed by atoms with Gasteiger partial charge >= 0.3 is 0 Å². The third-order valence-electron chi connectivity index (χ3n) is 6.18. The predicted octanol–water partition coefficient (Wildman–Crippen LogP) is 5.75. The summed E-state index contributed by atoms with van der Waals surface area (Å²) in [7, 11) is 0. The molecule has 1 atom stereocenters. The largest absolute Gasteiger partial charge is 0.466 e. The first kappa shape index (κ1) is 27.4. The lowest BCUT2D eigenvalue weighted by Crippen LogP contribution is -2.42. The lowest BCUT2D eigenvalue weighted by Gasteiger charge is -2.13. The molecule has 0 aliphatic heterocycles. The van der Waals surface area contributed by atoms with E-state index in [9.17, 15) is 14.7 Å². The van der Waals surface area contributed by atoms with Crippen LogP contribution in [0.4, 0.5) is 0 Å². The van der Waals surface area contributed by atoms with Crippen molar-refractivity contribution in [2.24, 2.45) is 0 Å². The Labute approximate surface area is 189 Å². The highest BCUT2D eigenvalue weighted by molar-refractivity contribution is 5.88. The van der Waals surface area contributed by atoms with Gasteiger partial charge in [-0.3, -0.25) is 9.59 Å². The van der Waals surface area contributed by atoms with Crippen LogP contribution in [0.3, 0.4) is 0 Å².